The van der Waals surface area contributed by atoms with Gasteiger partial charge in [-0.05, 0) is 70.7 Å². The van der Waals surface area contributed by atoms with Crippen LogP contribution in [-0.2, 0) is 14.8 Å². The first kappa shape index (κ1) is 23.7. The van der Waals surface area contributed by atoms with Crippen LogP contribution in [0.5, 0.6) is 0 Å². The molecule has 172 valence electrons. The average molecular weight is 450 g/mol. The lowest BCUT2D eigenvalue weighted by Crippen LogP contribution is -2.44. The van der Waals surface area contributed by atoms with E-state index in [-0.39, 0.29) is 28.7 Å². The molecule has 0 aromatic heterocycles. The summed E-state index contributed by atoms with van der Waals surface area (Å²) in [6.07, 6.45) is 4.15. The topological polar surface area (TPSA) is 78.0 Å². The molecule has 7 nitrogen and oxygen atoms in total. The second kappa shape index (κ2) is 10.1. The highest BCUT2D eigenvalue weighted by Gasteiger charge is 2.32. The third kappa shape index (κ3) is 5.12. The van der Waals surface area contributed by atoms with Crippen LogP contribution in [0.1, 0.15) is 63.2 Å². The summed E-state index contributed by atoms with van der Waals surface area (Å²) in [7, 11) is -3.54. The Hall–Kier alpha value is -1.93. The molecular formula is C23H35N3O4S. The maximum atomic E-state index is 13.0. The first-order chi connectivity index (χ1) is 14.8. The zero-order chi connectivity index (χ0) is 22.6. The van der Waals surface area contributed by atoms with Crippen LogP contribution in [0.15, 0.2) is 29.2 Å². The van der Waals surface area contributed by atoms with E-state index in [2.05, 4.69) is 0 Å². The third-order valence-electron chi connectivity index (χ3n) is 6.66. The highest BCUT2D eigenvalue weighted by molar-refractivity contribution is 7.89. The number of likely N-dealkylation sites (tertiary alicyclic amines) is 1. The zero-order valence-electron chi connectivity index (χ0n) is 18.9. The SMILES string of the molecule is CCN(CC)C(=O)C1CCN(C(=O)c2ccc(S(=O)(=O)N3CCCCC3C)cc2)CC1. The fourth-order valence-corrected chi connectivity index (χ4v) is 6.34. The van der Waals surface area contributed by atoms with E-state index in [0.29, 0.717) is 51.1 Å². The molecule has 2 amide bonds. The van der Waals surface area contributed by atoms with Gasteiger partial charge in [-0.25, -0.2) is 8.42 Å². The van der Waals surface area contributed by atoms with E-state index in [4.69, 9.17) is 0 Å². The molecule has 8 heteroatoms. The van der Waals surface area contributed by atoms with Crippen molar-refractivity contribution in [2.75, 3.05) is 32.7 Å². The quantitative estimate of drug-likeness (QED) is 0.669. The van der Waals surface area contributed by atoms with Gasteiger partial charge < -0.3 is 9.80 Å². The molecule has 1 atom stereocenters. The van der Waals surface area contributed by atoms with E-state index in [1.807, 2.05) is 25.7 Å². The number of hydrogen-bond donors (Lipinski definition) is 0. The Morgan fingerprint density at radius 1 is 0.968 bits per heavy atom. The number of benzene rings is 1. The van der Waals surface area contributed by atoms with Gasteiger partial charge in [0.25, 0.3) is 5.91 Å². The van der Waals surface area contributed by atoms with Crippen molar-refractivity contribution in [1.82, 2.24) is 14.1 Å². The predicted octanol–water partition coefficient (Wildman–Crippen LogP) is 2.97. The largest absolute Gasteiger partial charge is 0.343 e. The molecule has 0 bridgehead atoms. The normalized spacial score (nSPS) is 21.1. The molecule has 1 aromatic carbocycles. The van der Waals surface area contributed by atoms with Gasteiger partial charge >= 0.3 is 0 Å². The molecule has 0 saturated carbocycles. The van der Waals surface area contributed by atoms with Gasteiger partial charge in [-0.1, -0.05) is 6.42 Å². The first-order valence-electron chi connectivity index (χ1n) is 11.5. The Morgan fingerprint density at radius 2 is 1.58 bits per heavy atom. The second-order valence-electron chi connectivity index (χ2n) is 8.56. The van der Waals surface area contributed by atoms with Gasteiger partial charge in [-0.2, -0.15) is 4.31 Å². The number of piperidine rings is 2. The summed E-state index contributed by atoms with van der Waals surface area (Å²) in [5.74, 6) is 0.0469. The molecule has 0 N–H and O–H groups in total. The van der Waals surface area contributed by atoms with Crippen LogP contribution in [0, 0.1) is 5.92 Å². The number of carbonyl (C=O) groups is 2. The maximum Gasteiger partial charge on any atom is 0.253 e. The number of hydrogen-bond acceptors (Lipinski definition) is 4. The molecule has 0 spiro atoms. The minimum absolute atomic E-state index is 0.000375. The third-order valence-corrected chi connectivity index (χ3v) is 8.68. The minimum Gasteiger partial charge on any atom is -0.343 e. The van der Waals surface area contributed by atoms with Gasteiger partial charge in [0.15, 0.2) is 0 Å². The standard InChI is InChI=1S/C23H35N3O4S/c1-4-24(5-2)22(27)20-13-16-25(17-14-20)23(28)19-9-11-21(12-10-19)31(29,30)26-15-7-6-8-18(26)3/h9-12,18,20H,4-8,13-17H2,1-3H3. The van der Waals surface area contributed by atoms with Gasteiger partial charge in [0.2, 0.25) is 15.9 Å². The molecule has 1 unspecified atom stereocenters. The predicted molar refractivity (Wildman–Crippen MR) is 120 cm³/mol. The molecule has 2 heterocycles. The van der Waals surface area contributed by atoms with Crippen molar-refractivity contribution in [2.45, 2.75) is 63.8 Å². The summed E-state index contributed by atoms with van der Waals surface area (Å²) in [6.45, 7) is 8.96. The van der Waals surface area contributed by atoms with Gasteiger partial charge in [0, 0.05) is 50.2 Å². The van der Waals surface area contributed by atoms with Crippen molar-refractivity contribution < 1.29 is 18.0 Å². The first-order valence-corrected chi connectivity index (χ1v) is 12.9. The number of sulfonamides is 1. The zero-order valence-corrected chi connectivity index (χ0v) is 19.7. The van der Waals surface area contributed by atoms with Crippen molar-refractivity contribution in [2.24, 2.45) is 5.92 Å². The molecule has 2 aliphatic rings. The second-order valence-corrected chi connectivity index (χ2v) is 10.5. The van der Waals surface area contributed by atoms with Crippen LogP contribution in [-0.4, -0.2) is 73.1 Å². The Morgan fingerprint density at radius 3 is 2.13 bits per heavy atom. The van der Waals surface area contributed by atoms with Crippen LogP contribution in [0.3, 0.4) is 0 Å². The minimum atomic E-state index is -3.54. The smallest absolute Gasteiger partial charge is 0.253 e. The van der Waals surface area contributed by atoms with E-state index in [9.17, 15) is 18.0 Å². The van der Waals surface area contributed by atoms with E-state index < -0.39 is 10.0 Å². The molecule has 0 radical (unpaired) electrons. The van der Waals surface area contributed by atoms with E-state index in [0.717, 1.165) is 19.3 Å². The number of carbonyl (C=O) groups excluding carboxylic acids is 2. The fourth-order valence-electron chi connectivity index (χ4n) is 4.64. The summed E-state index contributed by atoms with van der Waals surface area (Å²) in [4.78, 5) is 29.3. The molecule has 1 aromatic rings. The monoisotopic (exact) mass is 449 g/mol. The van der Waals surface area contributed by atoms with Crippen LogP contribution >= 0.6 is 0 Å². The lowest BCUT2D eigenvalue weighted by atomic mass is 9.94. The Kier molecular flexibility index (Phi) is 7.75. The van der Waals surface area contributed by atoms with Crippen molar-refractivity contribution in [3.05, 3.63) is 29.8 Å². The summed E-state index contributed by atoms with van der Waals surface area (Å²) in [6, 6.07) is 6.30. The summed E-state index contributed by atoms with van der Waals surface area (Å²) >= 11 is 0. The lowest BCUT2D eigenvalue weighted by molar-refractivity contribution is -0.136. The summed E-state index contributed by atoms with van der Waals surface area (Å²) < 4.78 is 27.5. The molecular weight excluding hydrogens is 414 g/mol. The van der Waals surface area contributed by atoms with Crippen molar-refractivity contribution in [1.29, 1.82) is 0 Å². The molecule has 2 fully saturated rings. The Balaban J connectivity index is 1.63. The van der Waals surface area contributed by atoms with Gasteiger partial charge in [-0.3, -0.25) is 9.59 Å². The maximum absolute atomic E-state index is 13.0. The molecule has 2 aliphatic heterocycles. The number of rotatable bonds is 6. The summed E-state index contributed by atoms with van der Waals surface area (Å²) in [5, 5.41) is 0. The van der Waals surface area contributed by atoms with E-state index in [1.54, 1.807) is 33.5 Å². The van der Waals surface area contributed by atoms with Gasteiger partial charge in [0.05, 0.1) is 4.90 Å². The number of nitrogens with zero attached hydrogens (tertiary/aromatic N) is 3. The Labute approximate surface area is 186 Å². The molecule has 3 rings (SSSR count). The van der Waals surface area contributed by atoms with Gasteiger partial charge in [0.1, 0.15) is 0 Å². The van der Waals surface area contributed by atoms with E-state index in [1.165, 1.54) is 0 Å². The Bertz CT molecular complexity index is 873. The van der Waals surface area contributed by atoms with Crippen LogP contribution in [0.2, 0.25) is 0 Å². The van der Waals surface area contributed by atoms with E-state index >= 15 is 0 Å². The van der Waals surface area contributed by atoms with Crippen molar-refractivity contribution >= 4 is 21.8 Å². The molecule has 0 aliphatic carbocycles. The highest BCUT2D eigenvalue weighted by atomic mass is 32.2. The van der Waals surface area contributed by atoms with Crippen molar-refractivity contribution in [3.63, 3.8) is 0 Å². The number of amides is 2. The van der Waals surface area contributed by atoms with Crippen LogP contribution < -0.4 is 0 Å². The fraction of sp³-hybridized carbons (Fsp3) is 0.652. The van der Waals surface area contributed by atoms with Crippen molar-refractivity contribution in [3.8, 4) is 0 Å². The summed E-state index contributed by atoms with van der Waals surface area (Å²) in [5.41, 5.74) is 0.485. The van der Waals surface area contributed by atoms with Crippen LogP contribution in [0.4, 0.5) is 0 Å². The molecule has 2 saturated heterocycles. The van der Waals surface area contributed by atoms with Crippen LogP contribution in [0.25, 0.3) is 0 Å². The van der Waals surface area contributed by atoms with Gasteiger partial charge in [-0.15, -0.1) is 0 Å². The highest BCUT2D eigenvalue weighted by Crippen LogP contribution is 2.26. The molecule has 31 heavy (non-hydrogen) atoms. The lowest BCUT2D eigenvalue weighted by Gasteiger charge is -2.34. The average Bonchev–Trinajstić information content (AvgIpc) is 2.79.